The monoisotopic (exact) mass is 277 g/mol. The summed E-state index contributed by atoms with van der Waals surface area (Å²) in [5.74, 6) is -1.51. The van der Waals surface area contributed by atoms with Gasteiger partial charge in [-0.25, -0.2) is 0 Å². The standard InChI is InChI=1S/C15H19NO4/c1-4-20-10-7-5-9(6-8-10)16-13(17)11-12(14(18)19)15(11,2)3/h5-8,11-12H,4H2,1-3H3,(H,16,17)(H,18,19)/t11-,12+/m1/s1. The number of hydrogen-bond donors (Lipinski definition) is 2. The number of ether oxygens (including phenoxy) is 1. The molecule has 1 aromatic rings. The molecule has 2 atom stereocenters. The third-order valence-corrected chi connectivity index (χ3v) is 3.81. The maximum absolute atomic E-state index is 12.1. The zero-order valence-electron chi connectivity index (χ0n) is 11.8. The number of carboxylic acids is 1. The Hall–Kier alpha value is -2.04. The number of carboxylic acid groups (broad SMARTS) is 1. The minimum atomic E-state index is -0.915. The number of rotatable bonds is 5. The Morgan fingerprint density at radius 1 is 1.25 bits per heavy atom. The van der Waals surface area contributed by atoms with Crippen LogP contribution in [-0.2, 0) is 9.59 Å². The lowest BCUT2D eigenvalue weighted by Crippen LogP contribution is -2.17. The molecule has 1 aliphatic carbocycles. The fourth-order valence-electron chi connectivity index (χ4n) is 2.61. The van der Waals surface area contributed by atoms with Crippen LogP contribution in [0.1, 0.15) is 20.8 Å². The van der Waals surface area contributed by atoms with Gasteiger partial charge in [0.25, 0.3) is 0 Å². The smallest absolute Gasteiger partial charge is 0.307 e. The van der Waals surface area contributed by atoms with Crippen molar-refractivity contribution >= 4 is 17.6 Å². The van der Waals surface area contributed by atoms with Gasteiger partial charge < -0.3 is 15.2 Å². The second-order valence-corrected chi connectivity index (χ2v) is 5.56. The molecule has 0 heterocycles. The van der Waals surface area contributed by atoms with Crippen LogP contribution in [0.25, 0.3) is 0 Å². The van der Waals surface area contributed by atoms with Gasteiger partial charge in [-0.05, 0) is 36.6 Å². The van der Waals surface area contributed by atoms with Crippen molar-refractivity contribution in [3.63, 3.8) is 0 Å². The lowest BCUT2D eigenvalue weighted by molar-refractivity contribution is -0.140. The van der Waals surface area contributed by atoms with Gasteiger partial charge >= 0.3 is 5.97 Å². The molecule has 5 nitrogen and oxygen atoms in total. The van der Waals surface area contributed by atoms with Crippen LogP contribution in [0.3, 0.4) is 0 Å². The fraction of sp³-hybridized carbons (Fsp3) is 0.467. The normalized spacial score (nSPS) is 22.9. The van der Waals surface area contributed by atoms with E-state index in [1.165, 1.54) is 0 Å². The Balaban J connectivity index is 2.00. The second kappa shape index (κ2) is 5.15. The summed E-state index contributed by atoms with van der Waals surface area (Å²) in [6.45, 7) is 6.08. The van der Waals surface area contributed by atoms with E-state index in [4.69, 9.17) is 9.84 Å². The summed E-state index contributed by atoms with van der Waals surface area (Å²) in [6, 6.07) is 7.03. The highest BCUT2D eigenvalue weighted by Crippen LogP contribution is 2.58. The minimum Gasteiger partial charge on any atom is -0.494 e. The van der Waals surface area contributed by atoms with Crippen molar-refractivity contribution in [1.82, 2.24) is 0 Å². The van der Waals surface area contributed by atoms with E-state index < -0.39 is 23.2 Å². The van der Waals surface area contributed by atoms with Crippen molar-refractivity contribution in [3.8, 4) is 5.75 Å². The molecule has 2 N–H and O–H groups in total. The third-order valence-electron chi connectivity index (χ3n) is 3.81. The first-order chi connectivity index (χ1) is 9.37. The van der Waals surface area contributed by atoms with Crippen LogP contribution in [0, 0.1) is 17.3 Å². The lowest BCUT2D eigenvalue weighted by Gasteiger charge is -2.07. The molecule has 1 aliphatic rings. The molecular formula is C15H19NO4. The largest absolute Gasteiger partial charge is 0.494 e. The van der Waals surface area contributed by atoms with Gasteiger partial charge in [-0.2, -0.15) is 0 Å². The van der Waals surface area contributed by atoms with Crippen LogP contribution in [-0.4, -0.2) is 23.6 Å². The van der Waals surface area contributed by atoms with Crippen LogP contribution in [0.2, 0.25) is 0 Å². The number of amides is 1. The lowest BCUT2D eigenvalue weighted by atomic mass is 10.1. The van der Waals surface area contributed by atoms with Gasteiger partial charge in [-0.3, -0.25) is 9.59 Å². The van der Waals surface area contributed by atoms with Gasteiger partial charge in [0.1, 0.15) is 5.75 Å². The molecule has 1 aromatic carbocycles. The molecule has 2 rings (SSSR count). The third kappa shape index (κ3) is 2.61. The summed E-state index contributed by atoms with van der Waals surface area (Å²) >= 11 is 0. The molecule has 0 radical (unpaired) electrons. The molecule has 0 spiro atoms. The number of carbonyl (C=O) groups excluding carboxylic acids is 1. The van der Waals surface area contributed by atoms with Crippen molar-refractivity contribution in [1.29, 1.82) is 0 Å². The molecule has 5 heteroatoms. The Labute approximate surface area is 117 Å². The van der Waals surface area contributed by atoms with E-state index in [9.17, 15) is 9.59 Å². The van der Waals surface area contributed by atoms with Crippen LogP contribution >= 0.6 is 0 Å². The zero-order valence-corrected chi connectivity index (χ0v) is 11.8. The average molecular weight is 277 g/mol. The Morgan fingerprint density at radius 2 is 1.85 bits per heavy atom. The molecule has 108 valence electrons. The van der Waals surface area contributed by atoms with Crippen molar-refractivity contribution in [2.24, 2.45) is 17.3 Å². The summed E-state index contributed by atoms with van der Waals surface area (Å²) in [4.78, 5) is 23.2. The maximum Gasteiger partial charge on any atom is 0.307 e. The first kappa shape index (κ1) is 14.4. The highest BCUT2D eigenvalue weighted by Gasteiger charge is 2.65. The molecule has 20 heavy (non-hydrogen) atoms. The molecule has 1 amide bonds. The van der Waals surface area contributed by atoms with E-state index in [1.807, 2.05) is 6.92 Å². The summed E-state index contributed by atoms with van der Waals surface area (Å²) in [5, 5.41) is 11.8. The zero-order chi connectivity index (χ0) is 14.9. The van der Waals surface area contributed by atoms with Crippen LogP contribution in [0.4, 0.5) is 5.69 Å². The van der Waals surface area contributed by atoms with Crippen molar-refractivity contribution in [2.45, 2.75) is 20.8 Å². The second-order valence-electron chi connectivity index (χ2n) is 5.56. The van der Waals surface area contributed by atoms with Gasteiger partial charge in [-0.1, -0.05) is 13.8 Å². The fourth-order valence-corrected chi connectivity index (χ4v) is 2.61. The van der Waals surface area contributed by atoms with Gasteiger partial charge in [0.15, 0.2) is 0 Å². The van der Waals surface area contributed by atoms with Gasteiger partial charge in [0, 0.05) is 5.69 Å². The number of benzene rings is 1. The number of nitrogens with one attached hydrogen (secondary N) is 1. The van der Waals surface area contributed by atoms with E-state index in [0.717, 1.165) is 5.75 Å². The molecule has 0 bridgehead atoms. The summed E-state index contributed by atoms with van der Waals surface area (Å²) in [5.41, 5.74) is 0.159. The number of hydrogen-bond acceptors (Lipinski definition) is 3. The first-order valence-electron chi connectivity index (χ1n) is 6.64. The van der Waals surface area contributed by atoms with Crippen LogP contribution in [0.15, 0.2) is 24.3 Å². The Bertz CT molecular complexity index is 521. The summed E-state index contributed by atoms with van der Waals surface area (Å²) in [6.07, 6.45) is 0. The summed E-state index contributed by atoms with van der Waals surface area (Å²) < 4.78 is 5.32. The molecule has 0 saturated heterocycles. The SMILES string of the molecule is CCOc1ccc(NC(=O)[C@H]2[C@@H](C(=O)O)C2(C)C)cc1. The quantitative estimate of drug-likeness (QED) is 0.866. The van der Waals surface area contributed by atoms with Crippen LogP contribution in [0.5, 0.6) is 5.75 Å². The van der Waals surface area contributed by atoms with Crippen molar-refractivity contribution in [3.05, 3.63) is 24.3 Å². The highest BCUT2D eigenvalue weighted by molar-refractivity contribution is 5.99. The van der Waals surface area contributed by atoms with Crippen molar-refractivity contribution in [2.75, 3.05) is 11.9 Å². The molecule has 1 saturated carbocycles. The Kier molecular flexibility index (Phi) is 3.70. The number of aliphatic carboxylic acids is 1. The minimum absolute atomic E-state index is 0.244. The van der Waals surface area contributed by atoms with E-state index in [1.54, 1.807) is 38.1 Å². The predicted octanol–water partition coefficient (Wildman–Crippen LogP) is 2.38. The maximum atomic E-state index is 12.1. The van der Waals surface area contributed by atoms with E-state index in [-0.39, 0.29) is 5.91 Å². The van der Waals surface area contributed by atoms with E-state index in [0.29, 0.717) is 12.3 Å². The number of carbonyl (C=O) groups is 2. The topological polar surface area (TPSA) is 75.6 Å². The van der Waals surface area contributed by atoms with Gasteiger partial charge in [0.05, 0.1) is 18.4 Å². The molecule has 0 unspecified atom stereocenters. The van der Waals surface area contributed by atoms with Crippen molar-refractivity contribution < 1.29 is 19.4 Å². The predicted molar refractivity (Wildman–Crippen MR) is 74.6 cm³/mol. The van der Waals surface area contributed by atoms with E-state index in [2.05, 4.69) is 5.32 Å². The average Bonchev–Trinajstić information content (AvgIpc) is 2.95. The molecule has 1 fully saturated rings. The van der Waals surface area contributed by atoms with Gasteiger partial charge in [0.2, 0.25) is 5.91 Å². The Morgan fingerprint density at radius 3 is 2.30 bits per heavy atom. The number of anilines is 1. The first-order valence-corrected chi connectivity index (χ1v) is 6.64. The van der Waals surface area contributed by atoms with E-state index >= 15 is 0 Å². The highest BCUT2D eigenvalue weighted by atomic mass is 16.5. The van der Waals surface area contributed by atoms with Crippen LogP contribution < -0.4 is 10.1 Å². The summed E-state index contributed by atoms with van der Waals surface area (Å²) in [7, 11) is 0. The van der Waals surface area contributed by atoms with Gasteiger partial charge in [-0.15, -0.1) is 0 Å². The molecule has 0 aliphatic heterocycles. The molecule has 0 aromatic heterocycles. The molecular weight excluding hydrogens is 258 g/mol.